The summed E-state index contributed by atoms with van der Waals surface area (Å²) in [6.45, 7) is 2.95. The number of aliphatic imine (C=N–C) groups is 1. The third-order valence-corrected chi connectivity index (χ3v) is 5.12. The molecule has 0 saturated heterocycles. The number of benzene rings is 1. The predicted octanol–water partition coefficient (Wildman–Crippen LogP) is 4.92. The van der Waals surface area contributed by atoms with Gasteiger partial charge in [-0.1, -0.05) is 50.8 Å². The topological polar surface area (TPSA) is 73.1 Å². The predicted molar refractivity (Wildman–Crippen MR) is 112 cm³/mol. The van der Waals surface area contributed by atoms with Crippen LogP contribution < -0.4 is 10.6 Å². The van der Waals surface area contributed by atoms with Crippen molar-refractivity contribution in [2.24, 2.45) is 4.99 Å². The highest BCUT2D eigenvalue weighted by atomic mass is 15.2. The Balaban J connectivity index is 1.83. The SMILES string of the molecule is CCCCCCCN=C(NC#N)Nc1c2c(nc3ccccc13)CCCC2. The standard InChI is InChI=1S/C22H29N5/c1-2-3-4-5-10-15-24-22(25-16-23)27-21-17-11-6-8-13-19(17)26-20-14-9-7-12-18(20)21/h6,8,11,13H,2-5,7,9-10,12,14-15H2,1H3,(H2,24,25,26,27). The summed E-state index contributed by atoms with van der Waals surface area (Å²) in [6.07, 6.45) is 12.4. The van der Waals surface area contributed by atoms with Gasteiger partial charge in [0.2, 0.25) is 5.96 Å². The molecule has 0 aliphatic heterocycles. The van der Waals surface area contributed by atoms with E-state index in [0.29, 0.717) is 5.96 Å². The zero-order valence-electron chi connectivity index (χ0n) is 16.2. The van der Waals surface area contributed by atoms with E-state index < -0.39 is 0 Å². The molecular formula is C22H29N5. The summed E-state index contributed by atoms with van der Waals surface area (Å²) in [5.41, 5.74) is 4.51. The number of rotatable bonds is 7. The lowest BCUT2D eigenvalue weighted by Crippen LogP contribution is -2.28. The number of guanidine groups is 1. The third-order valence-electron chi connectivity index (χ3n) is 5.12. The smallest absolute Gasteiger partial charge is 0.209 e. The molecule has 0 amide bonds. The second-order valence-electron chi connectivity index (χ2n) is 7.14. The quantitative estimate of drug-likeness (QED) is 0.241. The fourth-order valence-electron chi connectivity index (χ4n) is 3.70. The van der Waals surface area contributed by atoms with E-state index in [2.05, 4.69) is 34.7 Å². The molecule has 2 aromatic rings. The molecule has 0 bridgehead atoms. The van der Waals surface area contributed by atoms with Crippen LogP contribution in [0, 0.1) is 11.5 Å². The molecule has 27 heavy (non-hydrogen) atoms. The van der Waals surface area contributed by atoms with Gasteiger partial charge in [-0.05, 0) is 43.7 Å². The first-order valence-electron chi connectivity index (χ1n) is 10.2. The molecule has 5 nitrogen and oxygen atoms in total. The molecule has 5 heteroatoms. The number of nitriles is 1. The highest BCUT2D eigenvalue weighted by Gasteiger charge is 2.19. The summed E-state index contributed by atoms with van der Waals surface area (Å²) in [7, 11) is 0. The van der Waals surface area contributed by atoms with E-state index in [4.69, 9.17) is 10.2 Å². The van der Waals surface area contributed by atoms with Crippen LogP contribution in [0.2, 0.25) is 0 Å². The molecule has 1 aliphatic rings. The van der Waals surface area contributed by atoms with E-state index in [1.807, 2.05) is 18.3 Å². The number of pyridine rings is 1. The van der Waals surface area contributed by atoms with E-state index in [9.17, 15) is 0 Å². The number of aryl methyl sites for hydroxylation is 1. The number of nitrogens with one attached hydrogen (secondary N) is 2. The van der Waals surface area contributed by atoms with Crippen LogP contribution in [-0.4, -0.2) is 17.5 Å². The van der Waals surface area contributed by atoms with Crippen LogP contribution in [-0.2, 0) is 12.8 Å². The van der Waals surface area contributed by atoms with Crippen LogP contribution in [0.4, 0.5) is 5.69 Å². The van der Waals surface area contributed by atoms with Crippen molar-refractivity contribution in [2.45, 2.75) is 64.7 Å². The van der Waals surface area contributed by atoms with Gasteiger partial charge in [-0.25, -0.2) is 0 Å². The van der Waals surface area contributed by atoms with Crippen molar-refractivity contribution in [1.82, 2.24) is 10.3 Å². The molecule has 1 aromatic heterocycles. The maximum atomic E-state index is 9.14. The van der Waals surface area contributed by atoms with Crippen molar-refractivity contribution in [1.29, 1.82) is 5.26 Å². The number of nitrogens with zero attached hydrogens (tertiary/aromatic N) is 3. The first-order chi connectivity index (χ1) is 13.3. The van der Waals surface area contributed by atoms with Crippen molar-refractivity contribution in [3.05, 3.63) is 35.5 Å². The Morgan fingerprint density at radius 3 is 2.81 bits per heavy atom. The molecule has 1 aromatic carbocycles. The van der Waals surface area contributed by atoms with Gasteiger partial charge in [-0.2, -0.15) is 5.26 Å². The van der Waals surface area contributed by atoms with Crippen molar-refractivity contribution < 1.29 is 0 Å². The second-order valence-corrected chi connectivity index (χ2v) is 7.14. The molecule has 142 valence electrons. The maximum Gasteiger partial charge on any atom is 0.209 e. The van der Waals surface area contributed by atoms with Crippen LogP contribution in [0.15, 0.2) is 29.3 Å². The van der Waals surface area contributed by atoms with Gasteiger partial charge in [0.25, 0.3) is 0 Å². The van der Waals surface area contributed by atoms with E-state index in [1.165, 1.54) is 49.8 Å². The van der Waals surface area contributed by atoms with E-state index in [1.54, 1.807) is 0 Å². The monoisotopic (exact) mass is 363 g/mol. The third kappa shape index (κ3) is 4.97. The highest BCUT2D eigenvalue weighted by Crippen LogP contribution is 2.33. The number of fused-ring (bicyclic) bond motifs is 2. The van der Waals surface area contributed by atoms with Crippen LogP contribution in [0.1, 0.15) is 63.1 Å². The number of hydrogen-bond acceptors (Lipinski definition) is 3. The molecule has 0 radical (unpaired) electrons. The molecule has 3 rings (SSSR count). The first-order valence-corrected chi connectivity index (χ1v) is 10.2. The Kier molecular flexibility index (Phi) is 7.04. The molecule has 1 aliphatic carbocycles. The van der Waals surface area contributed by atoms with Crippen LogP contribution in [0.3, 0.4) is 0 Å². The zero-order valence-corrected chi connectivity index (χ0v) is 16.2. The maximum absolute atomic E-state index is 9.14. The van der Waals surface area contributed by atoms with Crippen molar-refractivity contribution in [3.8, 4) is 6.19 Å². The van der Waals surface area contributed by atoms with E-state index in [0.717, 1.165) is 42.4 Å². The number of anilines is 1. The number of hydrogen-bond donors (Lipinski definition) is 2. The second kappa shape index (κ2) is 9.91. The number of unbranched alkanes of at least 4 members (excludes halogenated alkanes) is 4. The number of aromatic nitrogens is 1. The molecule has 2 N–H and O–H groups in total. The summed E-state index contributed by atoms with van der Waals surface area (Å²) in [5.74, 6) is 0.539. The van der Waals surface area contributed by atoms with Gasteiger partial charge in [0, 0.05) is 17.6 Å². The Morgan fingerprint density at radius 1 is 1.15 bits per heavy atom. The zero-order chi connectivity index (χ0) is 18.9. The Morgan fingerprint density at radius 2 is 1.96 bits per heavy atom. The molecular weight excluding hydrogens is 334 g/mol. The highest BCUT2D eigenvalue weighted by molar-refractivity contribution is 6.04. The largest absolute Gasteiger partial charge is 0.325 e. The van der Waals surface area contributed by atoms with Crippen molar-refractivity contribution >= 4 is 22.5 Å². The minimum atomic E-state index is 0.539. The minimum absolute atomic E-state index is 0.539. The van der Waals surface area contributed by atoms with Crippen LogP contribution >= 0.6 is 0 Å². The minimum Gasteiger partial charge on any atom is -0.325 e. The van der Waals surface area contributed by atoms with Gasteiger partial charge in [-0.15, -0.1) is 0 Å². The Bertz CT molecular complexity index is 834. The fourth-order valence-corrected chi connectivity index (χ4v) is 3.70. The van der Waals surface area contributed by atoms with Gasteiger partial charge < -0.3 is 5.32 Å². The summed E-state index contributed by atoms with van der Waals surface area (Å²) in [6, 6.07) is 8.20. The van der Waals surface area contributed by atoms with Crippen LogP contribution in [0.5, 0.6) is 0 Å². The van der Waals surface area contributed by atoms with E-state index in [-0.39, 0.29) is 0 Å². The van der Waals surface area contributed by atoms with Crippen LogP contribution in [0.25, 0.3) is 10.9 Å². The average Bonchev–Trinajstić information content (AvgIpc) is 2.70. The van der Waals surface area contributed by atoms with Gasteiger partial charge in [0.15, 0.2) is 6.19 Å². The Labute approximate surface area is 161 Å². The molecule has 0 saturated carbocycles. The molecule has 0 atom stereocenters. The van der Waals surface area contributed by atoms with Crippen molar-refractivity contribution in [2.75, 3.05) is 11.9 Å². The lowest BCUT2D eigenvalue weighted by molar-refractivity contribution is 0.638. The first kappa shape index (κ1) is 19.2. The normalized spacial score (nSPS) is 13.9. The Hall–Kier alpha value is -2.61. The molecule has 0 fully saturated rings. The summed E-state index contributed by atoms with van der Waals surface area (Å²) < 4.78 is 0. The van der Waals surface area contributed by atoms with Gasteiger partial charge in [-0.3, -0.25) is 15.3 Å². The lowest BCUT2D eigenvalue weighted by atomic mass is 9.92. The van der Waals surface area contributed by atoms with Gasteiger partial charge >= 0.3 is 0 Å². The number of para-hydroxylation sites is 1. The van der Waals surface area contributed by atoms with E-state index >= 15 is 0 Å². The van der Waals surface area contributed by atoms with Gasteiger partial charge in [0.1, 0.15) is 0 Å². The van der Waals surface area contributed by atoms with Gasteiger partial charge in [0.05, 0.1) is 11.2 Å². The molecule has 1 heterocycles. The summed E-state index contributed by atoms with van der Waals surface area (Å²) in [4.78, 5) is 9.48. The average molecular weight is 364 g/mol. The fraction of sp³-hybridized carbons (Fsp3) is 0.500. The molecule has 0 unspecified atom stereocenters. The molecule has 0 spiro atoms. The lowest BCUT2D eigenvalue weighted by Gasteiger charge is -2.21. The summed E-state index contributed by atoms with van der Waals surface area (Å²) in [5, 5.41) is 16.4. The summed E-state index contributed by atoms with van der Waals surface area (Å²) >= 11 is 0. The van der Waals surface area contributed by atoms with Crippen molar-refractivity contribution in [3.63, 3.8) is 0 Å².